The molecule has 1 aromatic carbocycles. The number of amides is 1. The summed E-state index contributed by atoms with van der Waals surface area (Å²) in [5.74, 6) is 0.544. The zero-order chi connectivity index (χ0) is 21.5. The minimum Gasteiger partial charge on any atom is -0.353 e. The molecule has 3 aromatic rings. The Labute approximate surface area is 189 Å². The van der Waals surface area contributed by atoms with E-state index in [4.69, 9.17) is 21.3 Å². The average molecular weight is 456 g/mol. The number of carbonyl (C=O) groups excluding carboxylic acids is 1. The van der Waals surface area contributed by atoms with Gasteiger partial charge in [0, 0.05) is 41.2 Å². The highest BCUT2D eigenvalue weighted by Gasteiger charge is 2.33. The van der Waals surface area contributed by atoms with Crippen LogP contribution in [0.4, 0.5) is 0 Å². The number of aromatic nitrogens is 3. The third kappa shape index (κ3) is 3.48. The number of benzene rings is 1. The Kier molecular flexibility index (Phi) is 5.37. The van der Waals surface area contributed by atoms with E-state index in [9.17, 15) is 4.79 Å². The molecule has 0 radical (unpaired) electrons. The van der Waals surface area contributed by atoms with Gasteiger partial charge in [-0.1, -0.05) is 36.7 Å². The van der Waals surface area contributed by atoms with Crippen LogP contribution in [-0.2, 0) is 11.2 Å². The lowest BCUT2D eigenvalue weighted by atomic mass is 10.0. The van der Waals surface area contributed by atoms with Gasteiger partial charge in [-0.05, 0) is 31.4 Å². The normalized spacial score (nSPS) is 17.8. The van der Waals surface area contributed by atoms with Gasteiger partial charge in [0.05, 0.1) is 5.71 Å². The fourth-order valence-electron chi connectivity index (χ4n) is 3.99. The van der Waals surface area contributed by atoms with Crippen molar-refractivity contribution in [2.24, 2.45) is 4.99 Å². The van der Waals surface area contributed by atoms with Crippen molar-refractivity contribution in [3.8, 4) is 5.00 Å². The van der Waals surface area contributed by atoms with E-state index >= 15 is 0 Å². The summed E-state index contributed by atoms with van der Waals surface area (Å²) in [4.78, 5) is 25.4. The number of aryl methyl sites for hydroxylation is 1. The van der Waals surface area contributed by atoms with Gasteiger partial charge in [0.1, 0.15) is 5.00 Å². The predicted octanol–water partition coefficient (Wildman–Crippen LogP) is 4.28. The second-order valence-electron chi connectivity index (χ2n) is 7.54. The number of carbonyl (C=O) groups is 1. The van der Waals surface area contributed by atoms with Crippen molar-refractivity contribution in [3.05, 3.63) is 63.0 Å². The maximum Gasteiger partial charge on any atom is 0.293 e. The zero-order valence-corrected chi connectivity index (χ0v) is 18.9. The first kappa shape index (κ1) is 20.4. The number of ether oxygens (including phenoxy) is 1. The van der Waals surface area contributed by atoms with Crippen molar-refractivity contribution < 1.29 is 9.53 Å². The van der Waals surface area contributed by atoms with Gasteiger partial charge < -0.3 is 9.64 Å². The maximum absolute atomic E-state index is 12.9. The first-order valence-corrected chi connectivity index (χ1v) is 11.5. The number of likely N-dealkylation sites (tertiary alicyclic amines) is 1. The van der Waals surface area contributed by atoms with Crippen molar-refractivity contribution >= 4 is 34.6 Å². The molecule has 31 heavy (non-hydrogen) atoms. The molecule has 5 rings (SSSR count). The molecular weight excluding hydrogens is 434 g/mol. The summed E-state index contributed by atoms with van der Waals surface area (Å²) in [6.45, 7) is 3.60. The molecule has 0 saturated carbocycles. The van der Waals surface area contributed by atoms with Gasteiger partial charge in [0.15, 0.2) is 5.82 Å². The minimum atomic E-state index is -0.705. The molecule has 0 aliphatic carbocycles. The van der Waals surface area contributed by atoms with E-state index in [0.29, 0.717) is 10.8 Å². The number of halogens is 1. The smallest absolute Gasteiger partial charge is 0.293 e. The SMILES string of the molecule is CCc1cc2c(s1)-n1nc(C(=O)N3CCCC3)nc1C(OC)N=C2c1ccccc1Cl. The molecule has 0 N–H and O–H groups in total. The highest BCUT2D eigenvalue weighted by Crippen LogP contribution is 2.36. The molecule has 2 aliphatic rings. The largest absolute Gasteiger partial charge is 0.353 e. The zero-order valence-electron chi connectivity index (χ0n) is 17.3. The van der Waals surface area contributed by atoms with Crippen LogP contribution in [0.25, 0.3) is 5.00 Å². The van der Waals surface area contributed by atoms with Gasteiger partial charge in [-0.25, -0.2) is 14.7 Å². The molecule has 0 spiro atoms. The number of methoxy groups -OCH3 is 1. The molecular formula is C22H22ClN5O2S. The van der Waals surface area contributed by atoms with Crippen molar-refractivity contribution in [1.29, 1.82) is 0 Å². The molecule has 2 aromatic heterocycles. The summed E-state index contributed by atoms with van der Waals surface area (Å²) >= 11 is 8.15. The van der Waals surface area contributed by atoms with Crippen LogP contribution in [0, 0.1) is 0 Å². The van der Waals surface area contributed by atoms with Gasteiger partial charge in [0.25, 0.3) is 5.91 Å². The fraction of sp³-hybridized carbons (Fsp3) is 0.364. The summed E-state index contributed by atoms with van der Waals surface area (Å²) < 4.78 is 7.42. The number of hydrogen-bond donors (Lipinski definition) is 0. The molecule has 1 unspecified atom stereocenters. The minimum absolute atomic E-state index is 0.142. The maximum atomic E-state index is 12.9. The number of thiophene rings is 1. The van der Waals surface area contributed by atoms with Crippen LogP contribution in [0.1, 0.15) is 58.4 Å². The molecule has 1 fully saturated rings. The van der Waals surface area contributed by atoms with E-state index < -0.39 is 6.23 Å². The van der Waals surface area contributed by atoms with Crippen molar-refractivity contribution in [1.82, 2.24) is 19.7 Å². The van der Waals surface area contributed by atoms with Crippen LogP contribution < -0.4 is 0 Å². The number of fused-ring (bicyclic) bond motifs is 3. The second kappa shape index (κ2) is 8.18. The third-order valence-electron chi connectivity index (χ3n) is 5.60. The van der Waals surface area contributed by atoms with E-state index in [1.165, 1.54) is 4.88 Å². The van der Waals surface area contributed by atoms with Gasteiger partial charge in [-0.2, -0.15) is 0 Å². The first-order valence-electron chi connectivity index (χ1n) is 10.4. The van der Waals surface area contributed by atoms with Crippen molar-refractivity contribution in [2.45, 2.75) is 32.4 Å². The van der Waals surface area contributed by atoms with Crippen molar-refractivity contribution in [2.75, 3.05) is 20.2 Å². The predicted molar refractivity (Wildman–Crippen MR) is 121 cm³/mol. The molecule has 160 valence electrons. The van der Waals surface area contributed by atoms with E-state index in [1.807, 2.05) is 29.2 Å². The quantitative estimate of drug-likeness (QED) is 0.588. The number of hydrogen-bond acceptors (Lipinski definition) is 6. The lowest BCUT2D eigenvalue weighted by Gasteiger charge is -2.12. The Balaban J connectivity index is 1.69. The lowest BCUT2D eigenvalue weighted by Crippen LogP contribution is -2.28. The summed E-state index contributed by atoms with van der Waals surface area (Å²) in [5, 5.41) is 6.12. The van der Waals surface area contributed by atoms with Crippen LogP contribution in [0.5, 0.6) is 0 Å². The summed E-state index contributed by atoms with van der Waals surface area (Å²) in [6.07, 6.45) is 2.20. The Morgan fingerprint density at radius 2 is 2.03 bits per heavy atom. The van der Waals surface area contributed by atoms with Crippen LogP contribution >= 0.6 is 22.9 Å². The van der Waals surface area contributed by atoms with E-state index in [2.05, 4.69) is 23.1 Å². The summed E-state index contributed by atoms with van der Waals surface area (Å²) in [6, 6.07) is 9.75. The van der Waals surface area contributed by atoms with Gasteiger partial charge in [-0.3, -0.25) is 4.79 Å². The summed E-state index contributed by atoms with van der Waals surface area (Å²) in [5.41, 5.74) is 2.48. The monoisotopic (exact) mass is 455 g/mol. The molecule has 1 atom stereocenters. The van der Waals surface area contributed by atoms with E-state index in [-0.39, 0.29) is 11.7 Å². The standard InChI is InChI=1S/C22H22ClN5O2S/c1-3-13-12-15-17(14-8-4-5-9-16(14)23)24-20(30-2)19-25-18(26-28(19)22(15)31-13)21(29)27-10-6-7-11-27/h4-5,8-9,12,20H,3,6-7,10-11H2,1-2H3. The highest BCUT2D eigenvalue weighted by molar-refractivity contribution is 7.15. The van der Waals surface area contributed by atoms with Gasteiger partial charge in [0.2, 0.25) is 12.1 Å². The second-order valence-corrected chi connectivity index (χ2v) is 9.06. The van der Waals surface area contributed by atoms with E-state index in [0.717, 1.165) is 54.2 Å². The van der Waals surface area contributed by atoms with Crippen LogP contribution in [0.15, 0.2) is 35.3 Å². The lowest BCUT2D eigenvalue weighted by molar-refractivity contribution is 0.0780. The molecule has 4 heterocycles. The Hall–Kier alpha value is -2.55. The van der Waals surface area contributed by atoms with Gasteiger partial charge in [-0.15, -0.1) is 16.4 Å². The van der Waals surface area contributed by atoms with E-state index in [1.54, 1.807) is 23.1 Å². The third-order valence-corrected chi connectivity index (χ3v) is 7.18. The highest BCUT2D eigenvalue weighted by atomic mass is 35.5. The summed E-state index contributed by atoms with van der Waals surface area (Å²) in [7, 11) is 1.58. The molecule has 7 nitrogen and oxygen atoms in total. The van der Waals surface area contributed by atoms with Crippen LogP contribution in [-0.4, -0.2) is 51.5 Å². The van der Waals surface area contributed by atoms with Gasteiger partial charge >= 0.3 is 0 Å². The average Bonchev–Trinajstić information content (AvgIpc) is 3.53. The Morgan fingerprint density at radius 1 is 1.26 bits per heavy atom. The number of nitrogens with zero attached hydrogens (tertiary/aromatic N) is 5. The number of rotatable bonds is 4. The molecule has 1 amide bonds. The number of aliphatic imine (C=N–C) groups is 1. The Morgan fingerprint density at radius 3 is 2.74 bits per heavy atom. The molecule has 9 heteroatoms. The van der Waals surface area contributed by atoms with Crippen LogP contribution in [0.3, 0.4) is 0 Å². The molecule has 1 saturated heterocycles. The Bertz CT molecular complexity index is 1180. The van der Waals surface area contributed by atoms with Crippen molar-refractivity contribution in [3.63, 3.8) is 0 Å². The van der Waals surface area contributed by atoms with Crippen LogP contribution in [0.2, 0.25) is 5.02 Å². The fourth-order valence-corrected chi connectivity index (χ4v) is 5.27. The topological polar surface area (TPSA) is 72.6 Å². The molecule has 0 bridgehead atoms. The first-order chi connectivity index (χ1) is 15.1. The molecule has 2 aliphatic heterocycles.